The lowest BCUT2D eigenvalue weighted by Crippen LogP contribution is -2.36. The van der Waals surface area contributed by atoms with Gasteiger partial charge in [-0.05, 0) is 87.3 Å². The summed E-state index contributed by atoms with van der Waals surface area (Å²) < 4.78 is 12.7. The number of thiocarbonyl (C=S) groups is 2. The van der Waals surface area contributed by atoms with Gasteiger partial charge in [-0.2, -0.15) is 0 Å². The van der Waals surface area contributed by atoms with Crippen LogP contribution in [0, 0.1) is 23.7 Å². The molecule has 0 aromatic heterocycles. The summed E-state index contributed by atoms with van der Waals surface area (Å²) in [7, 11) is 8.59. The van der Waals surface area contributed by atoms with Gasteiger partial charge in [0.05, 0.1) is 0 Å². The van der Waals surface area contributed by atoms with Gasteiger partial charge in [-0.25, -0.2) is 0 Å². The maximum absolute atomic E-state index is 6.06. The first-order valence-corrected chi connectivity index (χ1v) is 17.3. The van der Waals surface area contributed by atoms with Crippen molar-refractivity contribution >= 4 is 110 Å². The Morgan fingerprint density at radius 3 is 1.21 bits per heavy atom. The van der Waals surface area contributed by atoms with E-state index in [9.17, 15) is 0 Å². The zero-order valence-electron chi connectivity index (χ0n) is 18.3. The standard InChI is InChI=1S/C18H34O2S9/c1-11(2)9-17(13(5)6,19-15(21)22)25-27-29-28-26-18(14(7)8,10-12(3)4)20-16(23)24/h11-14H,9-10H2,1-8H3,(H,21,22)(H,23,24). The van der Waals surface area contributed by atoms with Crippen molar-refractivity contribution in [3.8, 4) is 0 Å². The minimum absolute atomic E-state index is 0.297. The van der Waals surface area contributed by atoms with E-state index < -0.39 is 9.87 Å². The molecule has 2 unspecified atom stereocenters. The Balaban J connectivity index is 5.06. The third-order valence-electron chi connectivity index (χ3n) is 4.07. The molecule has 0 heterocycles. The molecule has 172 valence electrons. The van der Waals surface area contributed by atoms with Crippen LogP contribution in [-0.4, -0.2) is 18.6 Å². The predicted octanol–water partition coefficient (Wildman–Crippen LogP) is 9.57. The Hall–Kier alpha value is 2.23. The highest BCUT2D eigenvalue weighted by molar-refractivity contribution is 9.35. The number of hydrogen-bond donors (Lipinski definition) is 2. The summed E-state index contributed by atoms with van der Waals surface area (Å²) in [4.78, 5) is -0.793. The lowest BCUT2D eigenvalue weighted by molar-refractivity contribution is 0.0902. The first kappa shape index (κ1) is 31.2. The van der Waals surface area contributed by atoms with E-state index in [4.69, 9.17) is 33.9 Å². The average molecular weight is 571 g/mol. The van der Waals surface area contributed by atoms with Gasteiger partial charge >= 0.3 is 0 Å². The zero-order valence-corrected chi connectivity index (χ0v) is 25.8. The van der Waals surface area contributed by atoms with Crippen molar-refractivity contribution < 1.29 is 9.47 Å². The van der Waals surface area contributed by atoms with Gasteiger partial charge in [-0.15, -0.1) is 0 Å². The van der Waals surface area contributed by atoms with Crippen LogP contribution < -0.4 is 0 Å². The summed E-state index contributed by atoms with van der Waals surface area (Å²) in [5, 5.41) is 0. The van der Waals surface area contributed by atoms with Crippen LogP contribution in [0.5, 0.6) is 0 Å². The summed E-state index contributed by atoms with van der Waals surface area (Å²) in [5.41, 5.74) is 0. The molecular formula is C18H34O2S9. The molecular weight excluding hydrogens is 537 g/mol. The molecule has 29 heavy (non-hydrogen) atoms. The van der Waals surface area contributed by atoms with E-state index in [0.717, 1.165) is 12.8 Å². The van der Waals surface area contributed by atoms with Crippen LogP contribution >= 0.6 is 101 Å². The highest BCUT2D eigenvalue weighted by Gasteiger charge is 2.40. The smallest absolute Gasteiger partial charge is 0.218 e. The first-order valence-electron chi connectivity index (χ1n) is 9.47. The Kier molecular flexibility index (Phi) is 16.4. The highest BCUT2D eigenvalue weighted by Crippen LogP contribution is 2.59. The fourth-order valence-electron chi connectivity index (χ4n) is 2.67. The van der Waals surface area contributed by atoms with Gasteiger partial charge in [-0.1, -0.05) is 80.6 Å². The average Bonchev–Trinajstić information content (AvgIpc) is 2.51. The molecule has 2 nitrogen and oxygen atoms in total. The van der Waals surface area contributed by atoms with E-state index >= 15 is 0 Å². The van der Waals surface area contributed by atoms with Gasteiger partial charge in [0, 0.05) is 24.7 Å². The van der Waals surface area contributed by atoms with E-state index in [0.29, 0.717) is 32.4 Å². The fourth-order valence-corrected chi connectivity index (χ4v) is 14.7. The quantitative estimate of drug-likeness (QED) is 0.0692. The molecule has 0 spiro atoms. The minimum atomic E-state index is -0.397. The van der Waals surface area contributed by atoms with E-state index in [-0.39, 0.29) is 0 Å². The SMILES string of the molecule is CC(C)CC(OC(=S)S)(SSSSSC(CC(C)C)(OC(=S)S)C(C)C)C(C)C. The molecule has 0 bridgehead atoms. The maximum atomic E-state index is 6.06. The van der Waals surface area contributed by atoms with Crippen molar-refractivity contribution in [2.45, 2.75) is 78.1 Å². The van der Waals surface area contributed by atoms with Gasteiger partial charge in [0.1, 0.15) is 0 Å². The molecule has 0 radical (unpaired) electrons. The molecule has 0 aromatic carbocycles. The molecule has 0 N–H and O–H groups in total. The second-order valence-corrected chi connectivity index (χ2v) is 18.4. The van der Waals surface area contributed by atoms with E-state index in [1.54, 1.807) is 51.1 Å². The Morgan fingerprint density at radius 2 is 1.00 bits per heavy atom. The van der Waals surface area contributed by atoms with Crippen LogP contribution in [-0.2, 0) is 9.47 Å². The summed E-state index contributed by atoms with van der Waals surface area (Å²) >= 11 is 18.7. The third kappa shape index (κ3) is 12.3. The summed E-state index contributed by atoms with van der Waals surface area (Å²) in [6.07, 6.45) is 1.81. The van der Waals surface area contributed by atoms with Crippen LogP contribution in [0.1, 0.15) is 68.2 Å². The fraction of sp³-hybridized carbons (Fsp3) is 0.889. The molecule has 0 amide bonds. The monoisotopic (exact) mass is 570 g/mol. The van der Waals surface area contributed by atoms with Crippen LogP contribution in [0.3, 0.4) is 0 Å². The topological polar surface area (TPSA) is 18.5 Å². The first-order chi connectivity index (χ1) is 13.3. The highest BCUT2D eigenvalue weighted by atomic mass is 33.8. The Labute approximate surface area is 218 Å². The predicted molar refractivity (Wildman–Crippen MR) is 157 cm³/mol. The number of hydrogen-bond acceptors (Lipinski definition) is 9. The molecule has 0 aliphatic carbocycles. The van der Waals surface area contributed by atoms with Crippen LogP contribution in [0.2, 0.25) is 0 Å². The zero-order chi connectivity index (χ0) is 22.8. The number of ether oxygens (including phenoxy) is 2. The minimum Gasteiger partial charge on any atom is -0.460 e. The van der Waals surface area contributed by atoms with Crippen molar-refractivity contribution in [1.82, 2.24) is 0 Å². The largest absolute Gasteiger partial charge is 0.460 e. The number of rotatable bonds is 14. The lowest BCUT2D eigenvalue weighted by atomic mass is 9.96. The van der Waals surface area contributed by atoms with Crippen molar-refractivity contribution in [2.75, 3.05) is 0 Å². The van der Waals surface area contributed by atoms with Gasteiger partial charge < -0.3 is 9.47 Å². The second-order valence-electron chi connectivity index (χ2n) is 8.24. The molecule has 0 aliphatic rings. The van der Waals surface area contributed by atoms with Crippen LogP contribution in [0.25, 0.3) is 0 Å². The van der Waals surface area contributed by atoms with Crippen molar-refractivity contribution in [3.63, 3.8) is 0 Å². The second kappa shape index (κ2) is 15.2. The van der Waals surface area contributed by atoms with Crippen molar-refractivity contribution in [2.24, 2.45) is 23.7 Å². The Morgan fingerprint density at radius 1 is 0.690 bits per heavy atom. The number of thiol groups is 2. The Bertz CT molecular complexity index is 470. The van der Waals surface area contributed by atoms with E-state index in [2.05, 4.69) is 80.6 Å². The van der Waals surface area contributed by atoms with Gasteiger partial charge in [0.15, 0.2) is 9.87 Å². The summed E-state index contributed by atoms with van der Waals surface area (Å²) in [5.74, 6) is 1.58. The molecule has 11 heteroatoms. The van der Waals surface area contributed by atoms with E-state index in [1.165, 1.54) is 0 Å². The summed E-state index contributed by atoms with van der Waals surface area (Å²) in [6.45, 7) is 17.5. The molecule has 0 aromatic rings. The normalized spacial score (nSPS) is 16.2. The van der Waals surface area contributed by atoms with Gasteiger partial charge in [-0.3, -0.25) is 0 Å². The van der Waals surface area contributed by atoms with E-state index in [1.807, 2.05) is 0 Å². The third-order valence-corrected chi connectivity index (χ3v) is 14.3. The molecule has 0 saturated carbocycles. The lowest BCUT2D eigenvalue weighted by Gasteiger charge is -2.38. The van der Waals surface area contributed by atoms with Crippen LogP contribution in [0.15, 0.2) is 0 Å². The van der Waals surface area contributed by atoms with Gasteiger partial charge in [0.2, 0.25) is 8.77 Å². The van der Waals surface area contributed by atoms with Crippen molar-refractivity contribution in [3.05, 3.63) is 0 Å². The maximum Gasteiger partial charge on any atom is 0.218 e. The van der Waals surface area contributed by atoms with Crippen molar-refractivity contribution in [1.29, 1.82) is 0 Å². The molecule has 0 aliphatic heterocycles. The van der Waals surface area contributed by atoms with Gasteiger partial charge in [0.25, 0.3) is 0 Å². The molecule has 2 atom stereocenters. The molecule has 0 rings (SSSR count). The van der Waals surface area contributed by atoms with Crippen LogP contribution in [0.4, 0.5) is 0 Å². The summed E-state index contributed by atoms with van der Waals surface area (Å²) in [6, 6.07) is 0. The molecule has 0 saturated heterocycles. The molecule has 0 fully saturated rings.